The third kappa shape index (κ3) is 9.58. The summed E-state index contributed by atoms with van der Waals surface area (Å²) in [5.41, 5.74) is 3.64. The summed E-state index contributed by atoms with van der Waals surface area (Å²) >= 11 is 0. The highest BCUT2D eigenvalue weighted by Gasteiger charge is 2.14. The fourth-order valence-electron chi connectivity index (χ4n) is 4.08. The van der Waals surface area contributed by atoms with Crippen molar-refractivity contribution >= 4 is 11.9 Å². The number of rotatable bonds is 15. The molecule has 3 rings (SSSR count). The minimum Gasteiger partial charge on any atom is -0.494 e. The first-order chi connectivity index (χ1) is 18.9. The molecule has 3 aromatic rings. The third-order valence-electron chi connectivity index (χ3n) is 6.88. The van der Waals surface area contributed by atoms with E-state index in [0.717, 1.165) is 36.3 Å². The van der Waals surface area contributed by atoms with Gasteiger partial charge in [-0.1, -0.05) is 83.6 Å². The van der Waals surface area contributed by atoms with Crippen molar-refractivity contribution in [2.24, 2.45) is 5.92 Å². The molecule has 0 amide bonds. The maximum Gasteiger partial charge on any atom is 0.343 e. The van der Waals surface area contributed by atoms with Crippen molar-refractivity contribution in [2.45, 2.75) is 72.6 Å². The molecule has 0 spiro atoms. The van der Waals surface area contributed by atoms with Gasteiger partial charge < -0.3 is 14.2 Å². The van der Waals surface area contributed by atoms with Crippen LogP contribution in [0.2, 0.25) is 0 Å². The van der Waals surface area contributed by atoms with Gasteiger partial charge in [0.05, 0.1) is 24.3 Å². The molecule has 5 nitrogen and oxygen atoms in total. The first-order valence-electron chi connectivity index (χ1n) is 14.2. The molecule has 5 heteroatoms. The number of carbonyl (C=O) groups is 2. The predicted molar refractivity (Wildman–Crippen MR) is 157 cm³/mol. The maximum atomic E-state index is 12.8. The van der Waals surface area contributed by atoms with Crippen molar-refractivity contribution in [1.29, 1.82) is 0 Å². The number of ether oxygens (including phenoxy) is 3. The monoisotopic (exact) mass is 530 g/mol. The van der Waals surface area contributed by atoms with Crippen molar-refractivity contribution in [3.05, 3.63) is 83.4 Å². The summed E-state index contributed by atoms with van der Waals surface area (Å²) in [5.74, 6) is 0.783. The fourth-order valence-corrected chi connectivity index (χ4v) is 4.08. The van der Waals surface area contributed by atoms with Crippen LogP contribution in [0.1, 0.15) is 92.0 Å². The van der Waals surface area contributed by atoms with Crippen LogP contribution < -0.4 is 9.47 Å². The van der Waals surface area contributed by atoms with Gasteiger partial charge in [-0.3, -0.25) is 0 Å². The quantitative estimate of drug-likeness (QED) is 0.112. The minimum atomic E-state index is -0.449. The number of unbranched alkanes of at least 4 members (excludes halogenated alkanes) is 5. The van der Waals surface area contributed by atoms with Crippen LogP contribution in [0, 0.1) is 12.8 Å². The smallest absolute Gasteiger partial charge is 0.343 e. The van der Waals surface area contributed by atoms with Crippen LogP contribution in [0.15, 0.2) is 66.7 Å². The molecule has 3 aromatic carbocycles. The van der Waals surface area contributed by atoms with E-state index in [0.29, 0.717) is 35.0 Å². The predicted octanol–water partition coefficient (Wildman–Crippen LogP) is 8.82. The lowest BCUT2D eigenvalue weighted by molar-refractivity contribution is 0.0447. The molecule has 0 saturated carbocycles. The summed E-state index contributed by atoms with van der Waals surface area (Å²) in [6, 6.07) is 20.3. The molecule has 39 heavy (non-hydrogen) atoms. The van der Waals surface area contributed by atoms with E-state index in [-0.39, 0.29) is 5.97 Å². The topological polar surface area (TPSA) is 61.8 Å². The summed E-state index contributed by atoms with van der Waals surface area (Å²) in [5, 5.41) is 0. The van der Waals surface area contributed by atoms with Gasteiger partial charge in [-0.25, -0.2) is 9.59 Å². The van der Waals surface area contributed by atoms with Crippen LogP contribution >= 0.6 is 0 Å². The Bertz CT molecular complexity index is 1180. The molecule has 0 aliphatic heterocycles. The van der Waals surface area contributed by atoms with Crippen LogP contribution in [0.3, 0.4) is 0 Å². The van der Waals surface area contributed by atoms with E-state index < -0.39 is 5.97 Å². The first kappa shape index (κ1) is 29.9. The van der Waals surface area contributed by atoms with Crippen LogP contribution in [0.4, 0.5) is 0 Å². The number of hydrogen-bond acceptors (Lipinski definition) is 5. The summed E-state index contributed by atoms with van der Waals surface area (Å²) in [6.07, 6.45) is 8.41. The molecule has 0 aromatic heterocycles. The molecule has 208 valence electrons. The molecule has 0 aliphatic rings. The van der Waals surface area contributed by atoms with Crippen LogP contribution in [0.5, 0.6) is 11.5 Å². The average molecular weight is 531 g/mol. The molecule has 0 N–H and O–H groups in total. The lowest BCUT2D eigenvalue weighted by Gasteiger charge is -2.12. The van der Waals surface area contributed by atoms with Gasteiger partial charge in [0, 0.05) is 0 Å². The molecule has 0 heterocycles. The molecule has 1 atom stereocenters. The minimum absolute atomic E-state index is 0.315. The second-order valence-electron chi connectivity index (χ2n) is 10.2. The molecule has 0 saturated heterocycles. The number of hydrogen-bond donors (Lipinski definition) is 0. The molecule has 0 fully saturated rings. The van der Waals surface area contributed by atoms with Crippen LogP contribution in [0.25, 0.3) is 11.1 Å². The lowest BCUT2D eigenvalue weighted by atomic mass is 10.0. The highest BCUT2D eigenvalue weighted by Crippen LogP contribution is 2.25. The Kier molecular flexibility index (Phi) is 12.1. The summed E-state index contributed by atoms with van der Waals surface area (Å²) < 4.78 is 16.9. The highest BCUT2D eigenvalue weighted by molar-refractivity contribution is 5.93. The lowest BCUT2D eigenvalue weighted by Crippen LogP contribution is -2.12. The largest absolute Gasteiger partial charge is 0.494 e. The van der Waals surface area contributed by atoms with Gasteiger partial charge in [-0.2, -0.15) is 0 Å². The van der Waals surface area contributed by atoms with E-state index in [1.807, 2.05) is 43.3 Å². The van der Waals surface area contributed by atoms with Crippen molar-refractivity contribution in [1.82, 2.24) is 0 Å². The normalized spacial score (nSPS) is 11.6. The Balaban J connectivity index is 1.51. The maximum absolute atomic E-state index is 12.8. The van der Waals surface area contributed by atoms with Crippen molar-refractivity contribution < 1.29 is 23.8 Å². The van der Waals surface area contributed by atoms with Gasteiger partial charge in [-0.05, 0) is 78.4 Å². The van der Waals surface area contributed by atoms with E-state index in [4.69, 9.17) is 14.2 Å². The fraction of sp³-hybridized carbons (Fsp3) is 0.412. The first-order valence-corrected chi connectivity index (χ1v) is 14.2. The Morgan fingerprint density at radius 3 is 2.00 bits per heavy atom. The molecular weight excluding hydrogens is 488 g/mol. The van der Waals surface area contributed by atoms with Gasteiger partial charge in [0.15, 0.2) is 0 Å². The molecule has 0 bridgehead atoms. The average Bonchev–Trinajstić information content (AvgIpc) is 2.96. The highest BCUT2D eigenvalue weighted by atomic mass is 16.5. The van der Waals surface area contributed by atoms with E-state index in [1.165, 1.54) is 32.1 Å². The Morgan fingerprint density at radius 1 is 0.744 bits per heavy atom. The third-order valence-corrected chi connectivity index (χ3v) is 6.88. The van der Waals surface area contributed by atoms with Crippen molar-refractivity contribution in [3.8, 4) is 22.6 Å². The van der Waals surface area contributed by atoms with E-state index in [9.17, 15) is 9.59 Å². The van der Waals surface area contributed by atoms with Gasteiger partial charge in [0.1, 0.15) is 11.5 Å². The van der Waals surface area contributed by atoms with Gasteiger partial charge in [0.25, 0.3) is 0 Å². The zero-order valence-electron chi connectivity index (χ0n) is 23.8. The number of carbonyl (C=O) groups excluding carboxylic acids is 2. The number of benzene rings is 3. The van der Waals surface area contributed by atoms with Crippen LogP contribution in [-0.2, 0) is 4.74 Å². The van der Waals surface area contributed by atoms with Crippen molar-refractivity contribution in [2.75, 3.05) is 13.2 Å². The molecule has 0 radical (unpaired) electrons. The second-order valence-corrected chi connectivity index (χ2v) is 10.2. The number of esters is 2. The Hall–Kier alpha value is -3.60. The van der Waals surface area contributed by atoms with E-state index >= 15 is 0 Å². The summed E-state index contributed by atoms with van der Waals surface area (Å²) in [4.78, 5) is 25.1. The van der Waals surface area contributed by atoms with E-state index in [2.05, 4.69) is 13.8 Å². The molecule has 0 aliphatic carbocycles. The zero-order valence-corrected chi connectivity index (χ0v) is 23.8. The summed E-state index contributed by atoms with van der Waals surface area (Å²) in [7, 11) is 0. The van der Waals surface area contributed by atoms with Gasteiger partial charge >= 0.3 is 11.9 Å². The van der Waals surface area contributed by atoms with E-state index in [1.54, 1.807) is 37.3 Å². The summed E-state index contributed by atoms with van der Waals surface area (Å²) in [6.45, 7) is 9.26. The Morgan fingerprint density at radius 2 is 1.36 bits per heavy atom. The zero-order chi connectivity index (χ0) is 28.0. The number of aryl methyl sites for hydroxylation is 1. The van der Waals surface area contributed by atoms with Crippen LogP contribution in [-0.4, -0.2) is 25.2 Å². The molecular formula is C34H42O5. The van der Waals surface area contributed by atoms with Gasteiger partial charge in [-0.15, -0.1) is 0 Å². The van der Waals surface area contributed by atoms with Gasteiger partial charge in [0.2, 0.25) is 0 Å². The Labute approximate surface area is 233 Å². The molecule has 0 unspecified atom stereocenters. The second kappa shape index (κ2) is 15.7. The SMILES string of the molecule is CCCCCCCCOc1ccc(-c2ccc(C(=O)Oc3ccc(C(=O)OC[C@@H](C)CC)cc3C)cc2)cc1. The van der Waals surface area contributed by atoms with Crippen molar-refractivity contribution in [3.63, 3.8) is 0 Å². The standard InChI is InChI=1S/C34H42O5/c1-5-7-8-9-10-11-22-37-31-19-16-28(17-20-31)27-12-14-29(15-13-27)34(36)39-32-21-18-30(23-26(32)4)33(35)38-24-25(3)6-2/h12-21,23,25H,5-11,22,24H2,1-4H3/t25-/m0/s1.